The number of hydrogen-bond acceptors (Lipinski definition) is 6. The van der Waals surface area contributed by atoms with Gasteiger partial charge in [-0.2, -0.15) is 0 Å². The molecule has 0 rings (SSSR count). The van der Waals surface area contributed by atoms with Crippen LogP contribution in [0.5, 0.6) is 0 Å². The van der Waals surface area contributed by atoms with E-state index in [9.17, 15) is 14.4 Å². The lowest BCUT2D eigenvalue weighted by Crippen LogP contribution is -2.30. The van der Waals surface area contributed by atoms with Gasteiger partial charge in [-0.15, -0.1) is 0 Å². The molecule has 0 aromatic rings. The van der Waals surface area contributed by atoms with Crippen molar-refractivity contribution in [2.75, 3.05) is 13.2 Å². The minimum Gasteiger partial charge on any atom is -0.462 e. The van der Waals surface area contributed by atoms with Crippen LogP contribution in [0.15, 0.2) is 60.8 Å². The molecule has 0 heterocycles. The summed E-state index contributed by atoms with van der Waals surface area (Å²) in [5.74, 6) is -0.910. The van der Waals surface area contributed by atoms with Crippen molar-refractivity contribution in [1.82, 2.24) is 0 Å². The third-order valence-corrected chi connectivity index (χ3v) is 12.0. The first kappa shape index (κ1) is 62.1. The number of ether oxygens (including phenoxy) is 3. The van der Waals surface area contributed by atoms with Gasteiger partial charge in [-0.05, 0) is 77.0 Å². The number of esters is 3. The van der Waals surface area contributed by atoms with E-state index < -0.39 is 6.10 Å². The maximum absolute atomic E-state index is 12.8. The van der Waals surface area contributed by atoms with Gasteiger partial charge in [0.2, 0.25) is 0 Å². The van der Waals surface area contributed by atoms with Crippen molar-refractivity contribution < 1.29 is 28.6 Å². The van der Waals surface area contributed by atoms with Crippen LogP contribution in [0.25, 0.3) is 0 Å². The van der Waals surface area contributed by atoms with Crippen LogP contribution < -0.4 is 0 Å². The topological polar surface area (TPSA) is 78.9 Å². The van der Waals surface area contributed by atoms with Crippen LogP contribution in [0, 0.1) is 0 Å². The molecule has 0 saturated heterocycles. The van der Waals surface area contributed by atoms with Crippen LogP contribution in [0.2, 0.25) is 0 Å². The van der Waals surface area contributed by atoms with Gasteiger partial charge in [-0.1, -0.05) is 242 Å². The Morgan fingerprint density at radius 1 is 0.323 bits per heavy atom. The molecular weight excluding hydrogens is 805 g/mol. The first-order valence-electron chi connectivity index (χ1n) is 27.8. The highest BCUT2D eigenvalue weighted by atomic mass is 16.6. The number of rotatable bonds is 50. The minimum atomic E-state index is -0.788. The van der Waals surface area contributed by atoms with Crippen molar-refractivity contribution in [3.63, 3.8) is 0 Å². The Labute approximate surface area is 402 Å². The molecule has 0 bridgehead atoms. The number of carbonyl (C=O) groups excluding carboxylic acids is 3. The maximum Gasteiger partial charge on any atom is 0.306 e. The van der Waals surface area contributed by atoms with Gasteiger partial charge in [-0.25, -0.2) is 0 Å². The Morgan fingerprint density at radius 2 is 0.615 bits per heavy atom. The Kier molecular flexibility index (Phi) is 51.3. The summed E-state index contributed by atoms with van der Waals surface area (Å²) >= 11 is 0. The summed E-state index contributed by atoms with van der Waals surface area (Å²) in [6.45, 7) is 6.48. The molecule has 0 N–H and O–H groups in total. The lowest BCUT2D eigenvalue weighted by Gasteiger charge is -2.18. The number of allylic oxidation sites excluding steroid dienone is 10. The zero-order valence-corrected chi connectivity index (χ0v) is 43.0. The van der Waals surface area contributed by atoms with Crippen molar-refractivity contribution in [3.8, 4) is 0 Å². The van der Waals surface area contributed by atoms with Crippen molar-refractivity contribution in [2.45, 2.75) is 284 Å². The molecule has 0 aromatic carbocycles. The third kappa shape index (κ3) is 51.9. The van der Waals surface area contributed by atoms with Crippen LogP contribution in [-0.2, 0) is 28.6 Å². The first-order chi connectivity index (χ1) is 32.0. The van der Waals surface area contributed by atoms with Gasteiger partial charge in [0.25, 0.3) is 0 Å². The molecular formula is C59H104O6. The molecule has 0 radical (unpaired) electrons. The molecule has 6 nitrogen and oxygen atoms in total. The van der Waals surface area contributed by atoms with E-state index in [0.29, 0.717) is 19.3 Å². The fourth-order valence-corrected chi connectivity index (χ4v) is 7.83. The van der Waals surface area contributed by atoms with Crippen LogP contribution in [0.4, 0.5) is 0 Å². The summed E-state index contributed by atoms with van der Waals surface area (Å²) in [4.78, 5) is 38.0. The van der Waals surface area contributed by atoms with E-state index in [4.69, 9.17) is 14.2 Å². The van der Waals surface area contributed by atoms with E-state index in [1.165, 1.54) is 135 Å². The molecule has 6 heteroatoms. The highest BCUT2D eigenvalue weighted by molar-refractivity contribution is 5.71. The fraction of sp³-hybridized carbons (Fsp3) is 0.780. The summed E-state index contributed by atoms with van der Waals surface area (Å²) < 4.78 is 16.8. The quantitative estimate of drug-likeness (QED) is 0.0262. The molecule has 0 aliphatic carbocycles. The lowest BCUT2D eigenvalue weighted by molar-refractivity contribution is -0.167. The van der Waals surface area contributed by atoms with Gasteiger partial charge in [0.05, 0.1) is 0 Å². The third-order valence-electron chi connectivity index (χ3n) is 12.0. The zero-order valence-electron chi connectivity index (χ0n) is 43.0. The van der Waals surface area contributed by atoms with E-state index in [-0.39, 0.29) is 31.1 Å². The monoisotopic (exact) mass is 909 g/mol. The number of hydrogen-bond donors (Lipinski definition) is 0. The van der Waals surface area contributed by atoms with Crippen LogP contribution >= 0.6 is 0 Å². The first-order valence-corrected chi connectivity index (χ1v) is 27.8. The van der Waals surface area contributed by atoms with Crippen LogP contribution in [-0.4, -0.2) is 37.2 Å². The number of carbonyl (C=O) groups is 3. The van der Waals surface area contributed by atoms with E-state index in [0.717, 1.165) is 103 Å². The maximum atomic E-state index is 12.8. The van der Waals surface area contributed by atoms with Crippen LogP contribution in [0.3, 0.4) is 0 Å². The molecule has 0 aromatic heterocycles. The van der Waals surface area contributed by atoms with Gasteiger partial charge in [-0.3, -0.25) is 14.4 Å². The van der Waals surface area contributed by atoms with Gasteiger partial charge in [0.15, 0.2) is 6.10 Å². The summed E-state index contributed by atoms with van der Waals surface area (Å²) in [6, 6.07) is 0. The van der Waals surface area contributed by atoms with E-state index >= 15 is 0 Å². The lowest BCUT2D eigenvalue weighted by atomic mass is 10.0. The summed E-state index contributed by atoms with van der Waals surface area (Å²) in [5, 5.41) is 0. The molecule has 0 amide bonds. The Bertz CT molecular complexity index is 1180. The summed E-state index contributed by atoms with van der Waals surface area (Å²) in [6.07, 6.45) is 66.4. The normalized spacial score (nSPS) is 12.5. The van der Waals surface area contributed by atoms with Crippen molar-refractivity contribution >= 4 is 17.9 Å². The Balaban J connectivity index is 4.35. The smallest absolute Gasteiger partial charge is 0.306 e. The Morgan fingerprint density at radius 3 is 1.00 bits per heavy atom. The highest BCUT2D eigenvalue weighted by Crippen LogP contribution is 2.16. The zero-order chi connectivity index (χ0) is 47.2. The van der Waals surface area contributed by atoms with Crippen molar-refractivity contribution in [2.24, 2.45) is 0 Å². The van der Waals surface area contributed by atoms with E-state index in [1.54, 1.807) is 0 Å². The van der Waals surface area contributed by atoms with Crippen LogP contribution in [0.1, 0.15) is 278 Å². The second-order valence-electron chi connectivity index (χ2n) is 18.5. The van der Waals surface area contributed by atoms with Gasteiger partial charge >= 0.3 is 17.9 Å². The van der Waals surface area contributed by atoms with Gasteiger partial charge in [0.1, 0.15) is 13.2 Å². The average Bonchev–Trinajstić information content (AvgIpc) is 3.30. The average molecular weight is 909 g/mol. The molecule has 0 aliphatic heterocycles. The SMILES string of the molecule is CC/C=C\C/C=C\C/C=C\C/C=C\CCCCCCC(=O)O[C@H](COC(=O)CCCCCCC/C=C\CCCC)COC(=O)CCCCCCCCCCCCCCCCCCCCC. The standard InChI is InChI=1S/C59H104O6/c1-4-7-10-13-16-19-22-24-26-28-29-31-32-34-37-40-43-46-49-52-58(61)64-55-56(54-63-57(60)51-48-45-42-39-36-21-18-15-12-9-6-3)65-59(62)53-50-47-44-41-38-35-33-30-27-25-23-20-17-14-11-8-5-2/h8,11,15,17-18,20,25,27,33,35,56H,4-7,9-10,12-14,16,19,21-24,26,28-32,34,36-55H2,1-3H3/b11-8-,18-15-,20-17-,27-25-,35-33-/t56-/m1/s1. The van der Waals surface area contributed by atoms with E-state index in [2.05, 4.69) is 81.5 Å². The molecule has 0 aliphatic rings. The molecule has 1 atom stereocenters. The number of unbranched alkanes of at least 4 members (excludes halogenated alkanes) is 29. The van der Waals surface area contributed by atoms with Crippen molar-refractivity contribution in [1.29, 1.82) is 0 Å². The highest BCUT2D eigenvalue weighted by Gasteiger charge is 2.19. The summed E-state index contributed by atoms with van der Waals surface area (Å²) in [5.41, 5.74) is 0. The second kappa shape index (κ2) is 53.7. The molecule has 65 heavy (non-hydrogen) atoms. The van der Waals surface area contributed by atoms with E-state index in [1.807, 2.05) is 0 Å². The predicted molar refractivity (Wildman–Crippen MR) is 279 cm³/mol. The minimum absolute atomic E-state index is 0.0846. The summed E-state index contributed by atoms with van der Waals surface area (Å²) in [7, 11) is 0. The van der Waals surface area contributed by atoms with Gasteiger partial charge < -0.3 is 14.2 Å². The largest absolute Gasteiger partial charge is 0.462 e. The second-order valence-corrected chi connectivity index (χ2v) is 18.5. The molecule has 0 fully saturated rings. The molecule has 0 saturated carbocycles. The fourth-order valence-electron chi connectivity index (χ4n) is 7.83. The van der Waals surface area contributed by atoms with Crippen molar-refractivity contribution in [3.05, 3.63) is 60.8 Å². The molecule has 0 unspecified atom stereocenters. The molecule has 376 valence electrons. The van der Waals surface area contributed by atoms with Gasteiger partial charge in [0, 0.05) is 19.3 Å². The Hall–Kier alpha value is -2.89. The molecule has 0 spiro atoms. The predicted octanol–water partition coefficient (Wildman–Crippen LogP) is 18.4.